The van der Waals surface area contributed by atoms with Crippen molar-refractivity contribution >= 4 is 39.0 Å². The number of hydrogen-bond donors (Lipinski definition) is 1. The molecule has 2 aromatic heterocycles. The van der Waals surface area contributed by atoms with Crippen molar-refractivity contribution in [3.05, 3.63) is 75.9 Å². The molecule has 2 heterocycles. The molecule has 1 amide bonds. The lowest BCUT2D eigenvalue weighted by Gasteiger charge is -1.98. The molecule has 0 spiro atoms. The fourth-order valence-corrected chi connectivity index (χ4v) is 3.21. The summed E-state index contributed by atoms with van der Waals surface area (Å²) < 4.78 is 5.53. The Morgan fingerprint density at radius 1 is 1.15 bits per heavy atom. The van der Waals surface area contributed by atoms with Gasteiger partial charge in [0.05, 0.1) is 10.6 Å². The third-order valence-electron chi connectivity index (χ3n) is 3.73. The highest BCUT2D eigenvalue weighted by atomic mass is 32.1. The van der Waals surface area contributed by atoms with Crippen molar-refractivity contribution in [2.45, 2.75) is 0 Å². The number of benzene rings is 2. The molecule has 0 aliphatic rings. The van der Waals surface area contributed by atoms with Crippen molar-refractivity contribution in [2.75, 3.05) is 5.32 Å². The van der Waals surface area contributed by atoms with Crippen LogP contribution >= 0.6 is 11.3 Å². The molecule has 26 heavy (non-hydrogen) atoms. The predicted octanol–water partition coefficient (Wildman–Crippen LogP) is 4.72. The van der Waals surface area contributed by atoms with Gasteiger partial charge in [-0.2, -0.15) is 0 Å². The van der Waals surface area contributed by atoms with Gasteiger partial charge in [-0.1, -0.05) is 30.3 Å². The van der Waals surface area contributed by atoms with Crippen LogP contribution in [0.5, 0.6) is 0 Å². The predicted molar refractivity (Wildman–Crippen MR) is 98.4 cm³/mol. The van der Waals surface area contributed by atoms with Crippen LogP contribution in [-0.2, 0) is 0 Å². The fraction of sp³-hybridized carbons (Fsp3) is 0. The van der Waals surface area contributed by atoms with Crippen molar-refractivity contribution in [3.63, 3.8) is 0 Å². The topological polar surface area (TPSA) is 98.3 Å². The highest BCUT2D eigenvalue weighted by Crippen LogP contribution is 2.28. The minimum absolute atomic E-state index is 0.0108. The molecule has 0 bridgehead atoms. The number of nitrogens with one attached hydrogen (secondary N) is 1. The Kier molecular flexibility index (Phi) is 3.94. The minimum Gasteiger partial charge on any atom is -0.451 e. The SMILES string of the molecule is O=C(Nc1nc(-c2cccc([N+](=O)[O-])c2)cs1)c1cc2ccccc2o1. The van der Waals surface area contributed by atoms with Crippen LogP contribution in [0.3, 0.4) is 0 Å². The number of furan rings is 1. The van der Waals surface area contributed by atoms with Crippen LogP contribution in [0.2, 0.25) is 0 Å². The summed E-state index contributed by atoms with van der Waals surface area (Å²) in [5.41, 5.74) is 1.79. The molecule has 4 aromatic rings. The Morgan fingerprint density at radius 2 is 2.00 bits per heavy atom. The zero-order valence-electron chi connectivity index (χ0n) is 13.2. The Bertz CT molecular complexity index is 1100. The zero-order chi connectivity index (χ0) is 18.1. The number of non-ortho nitro benzene ring substituents is 1. The highest BCUT2D eigenvalue weighted by Gasteiger charge is 2.15. The van der Waals surface area contributed by atoms with Crippen LogP contribution in [0, 0.1) is 10.1 Å². The summed E-state index contributed by atoms with van der Waals surface area (Å²) in [6.07, 6.45) is 0. The molecule has 0 saturated heterocycles. The van der Waals surface area contributed by atoms with Gasteiger partial charge in [0.1, 0.15) is 5.58 Å². The first-order valence-electron chi connectivity index (χ1n) is 7.60. The third kappa shape index (κ3) is 3.05. The molecule has 0 aliphatic carbocycles. The number of thiazole rings is 1. The second-order valence-electron chi connectivity index (χ2n) is 5.45. The number of para-hydroxylation sites is 1. The van der Waals surface area contributed by atoms with Crippen molar-refractivity contribution in [1.82, 2.24) is 4.98 Å². The number of amides is 1. The molecule has 7 nitrogen and oxygen atoms in total. The van der Waals surface area contributed by atoms with Crippen LogP contribution in [0.4, 0.5) is 10.8 Å². The molecular formula is C18H11N3O4S. The monoisotopic (exact) mass is 365 g/mol. The first kappa shape index (κ1) is 16.0. The molecule has 4 rings (SSSR count). The summed E-state index contributed by atoms with van der Waals surface area (Å²) in [5, 5.41) is 16.5. The highest BCUT2D eigenvalue weighted by molar-refractivity contribution is 7.14. The average Bonchev–Trinajstić information content (AvgIpc) is 3.28. The summed E-state index contributed by atoms with van der Waals surface area (Å²) in [5.74, 6) is -0.209. The van der Waals surface area contributed by atoms with Gasteiger partial charge in [-0.3, -0.25) is 20.2 Å². The van der Waals surface area contributed by atoms with E-state index < -0.39 is 10.8 Å². The number of rotatable bonds is 4. The standard InChI is InChI=1S/C18H11N3O4S/c22-17(16-9-12-4-1-2-7-15(12)25-16)20-18-19-14(10-26-18)11-5-3-6-13(8-11)21(23)24/h1-10H,(H,19,20,22). The lowest BCUT2D eigenvalue weighted by atomic mass is 10.1. The summed E-state index contributed by atoms with van der Waals surface area (Å²) in [7, 11) is 0. The Balaban J connectivity index is 1.55. The molecule has 0 unspecified atom stereocenters. The van der Waals surface area contributed by atoms with Crippen LogP contribution < -0.4 is 5.32 Å². The number of nitro groups is 1. The number of carbonyl (C=O) groups excluding carboxylic acids is 1. The van der Waals surface area contributed by atoms with E-state index in [1.807, 2.05) is 18.2 Å². The maximum Gasteiger partial charge on any atom is 0.293 e. The van der Waals surface area contributed by atoms with Gasteiger partial charge in [0.2, 0.25) is 0 Å². The molecule has 0 fully saturated rings. The van der Waals surface area contributed by atoms with E-state index in [4.69, 9.17) is 4.42 Å². The molecule has 2 aromatic carbocycles. The summed E-state index contributed by atoms with van der Waals surface area (Å²) in [4.78, 5) is 27.1. The van der Waals surface area contributed by atoms with Gasteiger partial charge in [0.15, 0.2) is 10.9 Å². The fourth-order valence-electron chi connectivity index (χ4n) is 2.50. The van der Waals surface area contributed by atoms with Gasteiger partial charge in [0, 0.05) is 28.5 Å². The maximum atomic E-state index is 12.3. The van der Waals surface area contributed by atoms with E-state index in [1.54, 1.807) is 29.6 Å². The molecule has 8 heteroatoms. The molecule has 0 radical (unpaired) electrons. The van der Waals surface area contributed by atoms with Crippen molar-refractivity contribution in [3.8, 4) is 11.3 Å². The van der Waals surface area contributed by atoms with E-state index >= 15 is 0 Å². The number of hydrogen-bond acceptors (Lipinski definition) is 6. The van der Waals surface area contributed by atoms with Gasteiger partial charge in [-0.25, -0.2) is 4.98 Å². The first-order chi connectivity index (χ1) is 12.6. The normalized spacial score (nSPS) is 10.8. The lowest BCUT2D eigenvalue weighted by molar-refractivity contribution is -0.384. The number of fused-ring (bicyclic) bond motifs is 1. The second kappa shape index (κ2) is 6.41. The Morgan fingerprint density at radius 3 is 2.81 bits per heavy atom. The molecule has 0 saturated carbocycles. The van der Waals surface area contributed by atoms with E-state index in [2.05, 4.69) is 10.3 Å². The quantitative estimate of drug-likeness (QED) is 0.417. The van der Waals surface area contributed by atoms with E-state index in [0.717, 1.165) is 5.39 Å². The number of nitrogens with zero attached hydrogens (tertiary/aromatic N) is 2. The number of aromatic nitrogens is 1. The Hall–Kier alpha value is -3.52. The zero-order valence-corrected chi connectivity index (χ0v) is 14.0. The van der Waals surface area contributed by atoms with Crippen LogP contribution in [0.15, 0.2) is 64.4 Å². The maximum absolute atomic E-state index is 12.3. The summed E-state index contributed by atoms with van der Waals surface area (Å²) in [6.45, 7) is 0. The smallest absolute Gasteiger partial charge is 0.293 e. The van der Waals surface area contributed by atoms with E-state index in [0.29, 0.717) is 22.0 Å². The average molecular weight is 365 g/mol. The van der Waals surface area contributed by atoms with Crippen LogP contribution in [0.25, 0.3) is 22.2 Å². The lowest BCUT2D eigenvalue weighted by Crippen LogP contribution is -2.10. The molecule has 1 N–H and O–H groups in total. The molecule has 0 aliphatic heterocycles. The van der Waals surface area contributed by atoms with Crippen LogP contribution in [0.1, 0.15) is 10.6 Å². The van der Waals surface area contributed by atoms with E-state index in [1.165, 1.54) is 23.5 Å². The minimum atomic E-state index is -0.458. The molecular weight excluding hydrogens is 354 g/mol. The van der Waals surface area contributed by atoms with Crippen LogP contribution in [-0.4, -0.2) is 15.8 Å². The molecule has 128 valence electrons. The number of nitro benzene ring substituents is 1. The second-order valence-corrected chi connectivity index (χ2v) is 6.31. The van der Waals surface area contributed by atoms with Gasteiger partial charge >= 0.3 is 0 Å². The first-order valence-corrected chi connectivity index (χ1v) is 8.48. The third-order valence-corrected chi connectivity index (χ3v) is 4.48. The number of anilines is 1. The van der Waals surface area contributed by atoms with E-state index in [9.17, 15) is 14.9 Å². The van der Waals surface area contributed by atoms with E-state index in [-0.39, 0.29) is 11.4 Å². The van der Waals surface area contributed by atoms with Crippen molar-refractivity contribution < 1.29 is 14.1 Å². The summed E-state index contributed by atoms with van der Waals surface area (Å²) >= 11 is 1.23. The van der Waals surface area contributed by atoms with Gasteiger partial charge in [-0.15, -0.1) is 11.3 Å². The Labute approximate surface area is 151 Å². The van der Waals surface area contributed by atoms with Gasteiger partial charge in [-0.05, 0) is 12.1 Å². The van der Waals surface area contributed by atoms with Crippen molar-refractivity contribution in [2.24, 2.45) is 0 Å². The van der Waals surface area contributed by atoms with Gasteiger partial charge < -0.3 is 4.42 Å². The van der Waals surface area contributed by atoms with Crippen molar-refractivity contribution in [1.29, 1.82) is 0 Å². The largest absolute Gasteiger partial charge is 0.451 e. The van der Waals surface area contributed by atoms with Gasteiger partial charge in [0.25, 0.3) is 11.6 Å². The summed E-state index contributed by atoms with van der Waals surface area (Å²) in [6, 6.07) is 15.2. The molecule has 0 atom stereocenters. The number of carbonyl (C=O) groups is 1.